The van der Waals surface area contributed by atoms with Crippen LogP contribution in [0.3, 0.4) is 0 Å². The number of hydrogen-bond acceptors (Lipinski definition) is 4. The average Bonchev–Trinajstić information content (AvgIpc) is 2.87. The fraction of sp³-hybridized carbons (Fsp3) is 0.536. The van der Waals surface area contributed by atoms with Crippen molar-refractivity contribution in [2.24, 2.45) is 5.92 Å². The van der Waals surface area contributed by atoms with Gasteiger partial charge in [-0.05, 0) is 61.9 Å². The number of likely N-dealkylation sites (tertiary alicyclic amines) is 1. The van der Waals surface area contributed by atoms with Gasteiger partial charge in [-0.15, -0.1) is 0 Å². The quantitative estimate of drug-likeness (QED) is 0.577. The van der Waals surface area contributed by atoms with Crippen LogP contribution < -0.4 is 0 Å². The fourth-order valence-corrected chi connectivity index (χ4v) is 5.34. The van der Waals surface area contributed by atoms with Gasteiger partial charge < -0.3 is 14.7 Å². The highest BCUT2D eigenvalue weighted by Crippen LogP contribution is 2.40. The van der Waals surface area contributed by atoms with Crippen LogP contribution in [0.25, 0.3) is 0 Å². The van der Waals surface area contributed by atoms with E-state index in [4.69, 9.17) is 4.74 Å². The summed E-state index contributed by atoms with van der Waals surface area (Å²) in [5.41, 5.74) is 1.32. The van der Waals surface area contributed by atoms with Crippen LogP contribution in [-0.2, 0) is 28.2 Å². The summed E-state index contributed by atoms with van der Waals surface area (Å²) in [6.07, 6.45) is 9.95. The summed E-state index contributed by atoms with van der Waals surface area (Å²) < 4.78 is 5.75. The Kier molecular flexibility index (Phi) is 7.99. The van der Waals surface area contributed by atoms with Gasteiger partial charge in [0, 0.05) is 12.5 Å². The maximum absolute atomic E-state index is 13.3. The van der Waals surface area contributed by atoms with Crippen LogP contribution in [0.4, 0.5) is 0 Å². The number of ether oxygens (including phenoxy) is 1. The normalized spacial score (nSPS) is 19.9. The predicted octanol–water partition coefficient (Wildman–Crippen LogP) is 5.23. The lowest BCUT2D eigenvalue weighted by atomic mass is 9.73. The lowest BCUT2D eigenvalue weighted by Crippen LogP contribution is -2.45. The van der Waals surface area contributed by atoms with Crippen molar-refractivity contribution in [1.29, 1.82) is 0 Å². The Morgan fingerprint density at radius 2 is 1.59 bits per heavy atom. The van der Waals surface area contributed by atoms with Crippen molar-refractivity contribution in [2.45, 2.75) is 70.0 Å². The van der Waals surface area contributed by atoms with Gasteiger partial charge in [0.1, 0.15) is 6.61 Å². The molecule has 0 bridgehead atoms. The van der Waals surface area contributed by atoms with Gasteiger partial charge in [-0.1, -0.05) is 80.3 Å². The minimum absolute atomic E-state index is 0.0953. The van der Waals surface area contributed by atoms with Gasteiger partial charge in [-0.3, -0.25) is 0 Å². The molecule has 172 valence electrons. The molecular formula is C28H37NO3. The van der Waals surface area contributed by atoms with Gasteiger partial charge in [-0.25, -0.2) is 4.79 Å². The van der Waals surface area contributed by atoms with Crippen LogP contribution in [0.5, 0.6) is 0 Å². The van der Waals surface area contributed by atoms with Crippen LogP contribution >= 0.6 is 0 Å². The first-order chi connectivity index (χ1) is 15.7. The molecule has 2 aromatic carbocycles. The van der Waals surface area contributed by atoms with Gasteiger partial charge in [0.2, 0.25) is 0 Å². The summed E-state index contributed by atoms with van der Waals surface area (Å²) >= 11 is 0. The summed E-state index contributed by atoms with van der Waals surface area (Å²) in [7, 11) is 0. The van der Waals surface area contributed by atoms with E-state index in [0.717, 1.165) is 44.2 Å². The molecule has 1 heterocycles. The van der Waals surface area contributed by atoms with E-state index in [1.54, 1.807) is 0 Å². The number of piperidine rings is 1. The van der Waals surface area contributed by atoms with Crippen molar-refractivity contribution in [3.8, 4) is 0 Å². The monoisotopic (exact) mass is 435 g/mol. The number of carbonyl (C=O) groups is 1. The Labute approximate surface area is 192 Å². The van der Waals surface area contributed by atoms with Crippen LogP contribution in [0, 0.1) is 5.92 Å². The van der Waals surface area contributed by atoms with Crippen molar-refractivity contribution in [1.82, 2.24) is 4.90 Å². The van der Waals surface area contributed by atoms with E-state index in [2.05, 4.69) is 17.0 Å². The first kappa shape index (κ1) is 23.0. The van der Waals surface area contributed by atoms with E-state index in [9.17, 15) is 9.90 Å². The van der Waals surface area contributed by atoms with Crippen molar-refractivity contribution in [2.75, 3.05) is 19.6 Å². The lowest BCUT2D eigenvalue weighted by Gasteiger charge is -2.36. The summed E-state index contributed by atoms with van der Waals surface area (Å²) in [6.45, 7) is 3.68. The second-order valence-electron chi connectivity index (χ2n) is 9.52. The van der Waals surface area contributed by atoms with E-state index in [1.807, 2.05) is 42.5 Å². The van der Waals surface area contributed by atoms with Crippen LogP contribution in [0.2, 0.25) is 0 Å². The molecule has 0 radical (unpaired) electrons. The van der Waals surface area contributed by atoms with Gasteiger partial charge in [0.25, 0.3) is 0 Å². The van der Waals surface area contributed by atoms with Gasteiger partial charge in [-0.2, -0.15) is 0 Å². The summed E-state index contributed by atoms with van der Waals surface area (Å²) in [5.74, 6) is -0.614. The second-order valence-corrected chi connectivity index (χ2v) is 9.52. The topological polar surface area (TPSA) is 49.8 Å². The first-order valence-electron chi connectivity index (χ1n) is 12.4. The lowest BCUT2D eigenvalue weighted by molar-refractivity contribution is -0.177. The Morgan fingerprint density at radius 1 is 0.906 bits per heavy atom. The Bertz CT molecular complexity index is 856. The smallest absolute Gasteiger partial charge is 0.343 e. The molecule has 1 saturated carbocycles. The van der Waals surface area contributed by atoms with Gasteiger partial charge in [0.15, 0.2) is 5.60 Å². The molecule has 4 rings (SSSR count). The van der Waals surface area contributed by atoms with Crippen molar-refractivity contribution >= 4 is 5.97 Å². The molecule has 0 spiro atoms. The summed E-state index contributed by atoms with van der Waals surface area (Å²) in [5, 5.41) is 11.7. The van der Waals surface area contributed by atoms with Gasteiger partial charge >= 0.3 is 5.97 Å². The molecular weight excluding hydrogens is 398 g/mol. The number of hydrogen-bond donors (Lipinski definition) is 1. The van der Waals surface area contributed by atoms with E-state index in [0.29, 0.717) is 5.56 Å². The molecule has 2 aromatic rings. The third-order valence-electron chi connectivity index (χ3n) is 7.25. The maximum Gasteiger partial charge on any atom is 0.343 e. The van der Waals surface area contributed by atoms with Gasteiger partial charge in [0.05, 0.1) is 0 Å². The first-order valence-corrected chi connectivity index (χ1v) is 12.4. The molecule has 2 aliphatic rings. The highest BCUT2D eigenvalue weighted by molar-refractivity contribution is 5.81. The Hall–Kier alpha value is -2.17. The SMILES string of the molecule is O=C(OCc1cccc(CCN2CCCCC2)c1)C(O)(c1ccccc1)C1CCCCC1. The van der Waals surface area contributed by atoms with Crippen LogP contribution in [0.15, 0.2) is 54.6 Å². The zero-order chi connectivity index (χ0) is 22.2. The molecule has 0 amide bonds. The number of aliphatic hydroxyl groups is 1. The maximum atomic E-state index is 13.3. The van der Waals surface area contributed by atoms with Crippen LogP contribution in [0.1, 0.15) is 68.1 Å². The number of esters is 1. The average molecular weight is 436 g/mol. The molecule has 1 N–H and O–H groups in total. The largest absolute Gasteiger partial charge is 0.458 e. The standard InChI is InChI=1S/C28H37NO3/c30-27(28(31,25-13-4-1-5-14-25)26-15-6-2-7-16-26)32-22-24-12-10-11-23(21-24)17-20-29-18-8-3-9-19-29/h1,4-5,10-14,21,26,31H,2-3,6-9,15-20,22H2. The van der Waals surface area contributed by atoms with Crippen molar-refractivity contribution in [3.63, 3.8) is 0 Å². The molecule has 1 atom stereocenters. The molecule has 4 nitrogen and oxygen atoms in total. The van der Waals surface area contributed by atoms with Crippen LogP contribution in [-0.4, -0.2) is 35.6 Å². The van der Waals surface area contributed by atoms with E-state index in [1.165, 1.54) is 44.3 Å². The Morgan fingerprint density at radius 3 is 2.34 bits per heavy atom. The highest BCUT2D eigenvalue weighted by atomic mass is 16.5. The van der Waals surface area contributed by atoms with E-state index in [-0.39, 0.29) is 12.5 Å². The zero-order valence-electron chi connectivity index (χ0n) is 19.2. The third-order valence-corrected chi connectivity index (χ3v) is 7.25. The Balaban J connectivity index is 1.40. The number of carbonyl (C=O) groups excluding carboxylic acids is 1. The molecule has 1 aliphatic heterocycles. The molecule has 0 aromatic heterocycles. The molecule has 1 saturated heterocycles. The molecule has 2 fully saturated rings. The molecule has 1 aliphatic carbocycles. The van der Waals surface area contributed by atoms with Crippen molar-refractivity contribution < 1.29 is 14.6 Å². The third kappa shape index (κ3) is 5.60. The highest BCUT2D eigenvalue weighted by Gasteiger charge is 2.47. The zero-order valence-corrected chi connectivity index (χ0v) is 19.2. The predicted molar refractivity (Wildman–Crippen MR) is 127 cm³/mol. The van der Waals surface area contributed by atoms with E-state index < -0.39 is 11.6 Å². The number of nitrogens with zero attached hydrogens (tertiary/aromatic N) is 1. The number of benzene rings is 2. The van der Waals surface area contributed by atoms with Crippen molar-refractivity contribution in [3.05, 3.63) is 71.3 Å². The second kappa shape index (κ2) is 11.1. The summed E-state index contributed by atoms with van der Waals surface area (Å²) in [6, 6.07) is 17.7. The molecule has 1 unspecified atom stereocenters. The fourth-order valence-electron chi connectivity index (χ4n) is 5.34. The summed E-state index contributed by atoms with van der Waals surface area (Å²) in [4.78, 5) is 15.8. The number of rotatable bonds is 8. The molecule has 32 heavy (non-hydrogen) atoms. The molecule has 4 heteroatoms. The van der Waals surface area contributed by atoms with E-state index >= 15 is 0 Å². The minimum Gasteiger partial charge on any atom is -0.458 e. The minimum atomic E-state index is -1.58.